The number of hydrogen-bond acceptors (Lipinski definition) is 2. The highest BCUT2D eigenvalue weighted by atomic mass is 79.9. The molecular weight excluding hydrogens is 324 g/mol. The summed E-state index contributed by atoms with van der Waals surface area (Å²) in [5, 5.41) is 14.5. The van der Waals surface area contributed by atoms with Gasteiger partial charge in [-0.1, -0.05) is 28.1 Å². The number of carbonyl (C=O) groups is 2. The third-order valence-electron chi connectivity index (χ3n) is 3.52. The Balaban J connectivity index is 1.84. The summed E-state index contributed by atoms with van der Waals surface area (Å²) in [6, 6.07) is 7.35. The number of urea groups is 1. The van der Waals surface area contributed by atoms with Crippen LogP contribution in [-0.2, 0) is 11.3 Å². The van der Waals surface area contributed by atoms with Crippen molar-refractivity contribution in [2.45, 2.75) is 37.8 Å². The van der Waals surface area contributed by atoms with Crippen molar-refractivity contribution < 1.29 is 14.7 Å². The Morgan fingerprint density at radius 2 is 2.10 bits per heavy atom. The van der Waals surface area contributed by atoms with Crippen molar-refractivity contribution in [2.75, 3.05) is 0 Å². The summed E-state index contributed by atoms with van der Waals surface area (Å²) in [5.41, 5.74) is 0.420. The van der Waals surface area contributed by atoms with Crippen LogP contribution < -0.4 is 10.6 Å². The fourth-order valence-electron chi connectivity index (χ4n) is 2.35. The number of carbonyl (C=O) groups excluding carboxylic acids is 1. The van der Waals surface area contributed by atoms with E-state index in [1.165, 1.54) is 0 Å². The standard InChI is InChI=1S/C14H17BrN2O3/c15-11-4-1-3-10(7-11)9-16-13(20)17-14(5-2-6-14)8-12(18)19/h1,3-4,7H,2,5-6,8-9H2,(H,18,19)(H2,16,17,20). The fourth-order valence-corrected chi connectivity index (χ4v) is 2.80. The smallest absolute Gasteiger partial charge is 0.315 e. The van der Waals surface area contributed by atoms with E-state index in [2.05, 4.69) is 26.6 Å². The molecular formula is C14H17BrN2O3. The van der Waals surface area contributed by atoms with Crippen LogP contribution in [0.25, 0.3) is 0 Å². The number of aliphatic carboxylic acids is 1. The van der Waals surface area contributed by atoms with E-state index >= 15 is 0 Å². The third kappa shape index (κ3) is 3.96. The van der Waals surface area contributed by atoms with E-state index < -0.39 is 11.5 Å². The zero-order valence-corrected chi connectivity index (χ0v) is 12.6. The van der Waals surface area contributed by atoms with Gasteiger partial charge in [0.2, 0.25) is 0 Å². The molecule has 1 aliphatic carbocycles. The summed E-state index contributed by atoms with van der Waals surface area (Å²) in [5.74, 6) is -0.878. The minimum Gasteiger partial charge on any atom is -0.481 e. The summed E-state index contributed by atoms with van der Waals surface area (Å²) >= 11 is 3.37. The number of carboxylic acids is 1. The number of benzene rings is 1. The number of amides is 2. The normalized spacial score (nSPS) is 16.1. The second-order valence-corrected chi connectivity index (χ2v) is 6.06. The molecule has 3 N–H and O–H groups in total. The van der Waals surface area contributed by atoms with E-state index in [0.29, 0.717) is 6.54 Å². The lowest BCUT2D eigenvalue weighted by Crippen LogP contribution is -2.57. The predicted octanol–water partition coefficient (Wildman–Crippen LogP) is 2.65. The van der Waals surface area contributed by atoms with E-state index in [4.69, 9.17) is 5.11 Å². The first-order chi connectivity index (χ1) is 9.49. The van der Waals surface area contributed by atoms with Crippen LogP contribution >= 0.6 is 15.9 Å². The van der Waals surface area contributed by atoms with Gasteiger partial charge in [0, 0.05) is 11.0 Å². The van der Waals surface area contributed by atoms with Crippen LogP contribution in [0.4, 0.5) is 4.79 Å². The van der Waals surface area contributed by atoms with Gasteiger partial charge in [0.15, 0.2) is 0 Å². The number of hydrogen-bond donors (Lipinski definition) is 3. The molecule has 0 atom stereocenters. The van der Waals surface area contributed by atoms with Gasteiger partial charge in [0.25, 0.3) is 0 Å². The van der Waals surface area contributed by atoms with E-state index in [1.807, 2.05) is 24.3 Å². The summed E-state index contributed by atoms with van der Waals surface area (Å²) in [6.45, 7) is 0.411. The van der Waals surface area contributed by atoms with Gasteiger partial charge in [-0.25, -0.2) is 4.79 Å². The van der Waals surface area contributed by atoms with Gasteiger partial charge in [0.05, 0.1) is 12.0 Å². The Bertz CT molecular complexity index is 515. The molecule has 2 rings (SSSR count). The molecule has 1 aromatic carbocycles. The van der Waals surface area contributed by atoms with Crippen LogP contribution in [0.3, 0.4) is 0 Å². The van der Waals surface area contributed by atoms with Gasteiger partial charge in [-0.2, -0.15) is 0 Å². The minimum absolute atomic E-state index is 0.0166. The van der Waals surface area contributed by atoms with Crippen molar-refractivity contribution in [1.82, 2.24) is 10.6 Å². The third-order valence-corrected chi connectivity index (χ3v) is 4.01. The van der Waals surface area contributed by atoms with Gasteiger partial charge in [-0.15, -0.1) is 0 Å². The first kappa shape index (κ1) is 14.8. The van der Waals surface area contributed by atoms with Crippen LogP contribution in [-0.4, -0.2) is 22.6 Å². The summed E-state index contributed by atoms with van der Waals surface area (Å²) < 4.78 is 0.957. The highest BCUT2D eigenvalue weighted by Gasteiger charge is 2.40. The summed E-state index contributed by atoms with van der Waals surface area (Å²) in [7, 11) is 0. The molecule has 5 nitrogen and oxygen atoms in total. The van der Waals surface area contributed by atoms with Crippen molar-refractivity contribution in [3.8, 4) is 0 Å². The number of carboxylic acid groups (broad SMARTS) is 1. The van der Waals surface area contributed by atoms with Gasteiger partial charge in [-0.3, -0.25) is 4.79 Å². The van der Waals surface area contributed by atoms with E-state index in [1.54, 1.807) is 0 Å². The summed E-state index contributed by atoms with van der Waals surface area (Å²) in [6.07, 6.45) is 2.39. The van der Waals surface area contributed by atoms with Crippen LogP contribution in [0, 0.1) is 0 Å². The lowest BCUT2D eigenvalue weighted by molar-refractivity contribution is -0.139. The molecule has 108 valence electrons. The maximum absolute atomic E-state index is 11.9. The SMILES string of the molecule is O=C(O)CC1(NC(=O)NCc2cccc(Br)c2)CCC1. The van der Waals surface area contributed by atoms with Crippen molar-refractivity contribution in [3.63, 3.8) is 0 Å². The van der Waals surface area contributed by atoms with Crippen LogP contribution in [0.1, 0.15) is 31.2 Å². The Kier molecular flexibility index (Phi) is 4.65. The van der Waals surface area contributed by atoms with E-state index in [-0.39, 0.29) is 12.5 Å². The molecule has 0 aliphatic heterocycles. The molecule has 20 heavy (non-hydrogen) atoms. The second-order valence-electron chi connectivity index (χ2n) is 5.14. The predicted molar refractivity (Wildman–Crippen MR) is 78.3 cm³/mol. The molecule has 6 heteroatoms. The Labute approximate surface area is 125 Å². The number of halogens is 1. The molecule has 0 saturated heterocycles. The van der Waals surface area contributed by atoms with Crippen molar-refractivity contribution >= 4 is 27.9 Å². The Hall–Kier alpha value is -1.56. The molecule has 0 heterocycles. The Morgan fingerprint density at radius 3 is 2.65 bits per heavy atom. The zero-order chi connectivity index (χ0) is 14.6. The molecule has 0 bridgehead atoms. The summed E-state index contributed by atoms with van der Waals surface area (Å²) in [4.78, 5) is 22.7. The van der Waals surface area contributed by atoms with Crippen molar-refractivity contribution in [2.24, 2.45) is 0 Å². The molecule has 1 saturated carbocycles. The lowest BCUT2D eigenvalue weighted by atomic mass is 9.74. The average molecular weight is 341 g/mol. The number of rotatable bonds is 5. The molecule has 2 amide bonds. The van der Waals surface area contributed by atoms with Crippen LogP contribution in [0.2, 0.25) is 0 Å². The average Bonchev–Trinajstić information content (AvgIpc) is 2.33. The van der Waals surface area contributed by atoms with Gasteiger partial charge >= 0.3 is 12.0 Å². The van der Waals surface area contributed by atoms with Gasteiger partial charge in [0.1, 0.15) is 0 Å². The number of nitrogens with one attached hydrogen (secondary N) is 2. The second kappa shape index (κ2) is 6.26. The molecule has 0 radical (unpaired) electrons. The largest absolute Gasteiger partial charge is 0.481 e. The first-order valence-corrected chi connectivity index (χ1v) is 7.31. The highest BCUT2D eigenvalue weighted by molar-refractivity contribution is 9.10. The van der Waals surface area contributed by atoms with Crippen molar-refractivity contribution in [1.29, 1.82) is 0 Å². The lowest BCUT2D eigenvalue weighted by Gasteiger charge is -2.41. The van der Waals surface area contributed by atoms with E-state index in [0.717, 1.165) is 29.3 Å². The van der Waals surface area contributed by atoms with Crippen LogP contribution in [0.15, 0.2) is 28.7 Å². The first-order valence-electron chi connectivity index (χ1n) is 6.51. The van der Waals surface area contributed by atoms with Gasteiger partial charge < -0.3 is 15.7 Å². The van der Waals surface area contributed by atoms with E-state index in [9.17, 15) is 9.59 Å². The molecule has 0 unspecified atom stereocenters. The van der Waals surface area contributed by atoms with Crippen LogP contribution in [0.5, 0.6) is 0 Å². The highest BCUT2D eigenvalue weighted by Crippen LogP contribution is 2.34. The fraction of sp³-hybridized carbons (Fsp3) is 0.429. The van der Waals surface area contributed by atoms with Crippen molar-refractivity contribution in [3.05, 3.63) is 34.3 Å². The maximum Gasteiger partial charge on any atom is 0.315 e. The molecule has 1 fully saturated rings. The Morgan fingerprint density at radius 1 is 1.35 bits per heavy atom. The molecule has 1 aromatic rings. The quantitative estimate of drug-likeness (QED) is 0.770. The minimum atomic E-state index is -0.878. The topological polar surface area (TPSA) is 78.4 Å². The molecule has 0 spiro atoms. The van der Waals surface area contributed by atoms with Gasteiger partial charge in [-0.05, 0) is 37.0 Å². The molecule has 1 aliphatic rings. The molecule has 0 aromatic heterocycles. The maximum atomic E-state index is 11.9. The monoisotopic (exact) mass is 340 g/mol. The zero-order valence-electron chi connectivity index (χ0n) is 11.0.